The van der Waals surface area contributed by atoms with Gasteiger partial charge in [0, 0.05) is 18.6 Å². The van der Waals surface area contributed by atoms with Crippen LogP contribution < -0.4 is 5.73 Å². The summed E-state index contributed by atoms with van der Waals surface area (Å²) in [7, 11) is 2.31. The van der Waals surface area contributed by atoms with E-state index in [0.717, 1.165) is 12.0 Å². The number of hydrogen-bond donors (Lipinski definition) is 1. The maximum Gasteiger partial charge on any atom is 0.00923 e. The van der Waals surface area contributed by atoms with Gasteiger partial charge >= 0.3 is 0 Å². The van der Waals surface area contributed by atoms with E-state index in [9.17, 15) is 0 Å². The summed E-state index contributed by atoms with van der Waals surface area (Å²) < 4.78 is 0. The number of rotatable bonds is 3. The lowest BCUT2D eigenvalue weighted by Crippen LogP contribution is -2.33. The first-order chi connectivity index (χ1) is 6.75. The summed E-state index contributed by atoms with van der Waals surface area (Å²) in [4.78, 5) is 2.59. The Labute approximate surface area is 87.8 Å². The molecule has 0 bridgehead atoms. The van der Waals surface area contributed by atoms with Crippen LogP contribution in [0.25, 0.3) is 0 Å². The molecule has 14 heavy (non-hydrogen) atoms. The molecule has 0 aromatic heterocycles. The zero-order valence-corrected chi connectivity index (χ0v) is 9.41. The summed E-state index contributed by atoms with van der Waals surface area (Å²) in [6, 6.07) is 1.38. The van der Waals surface area contributed by atoms with Crippen LogP contribution in [0, 0.1) is 5.92 Å². The number of hydrogen-bond acceptors (Lipinski definition) is 2. The molecule has 0 spiro atoms. The Kier molecular flexibility index (Phi) is 3.45. The Morgan fingerprint density at radius 2 is 1.86 bits per heavy atom. The van der Waals surface area contributed by atoms with E-state index in [2.05, 4.69) is 11.9 Å². The molecule has 2 nitrogen and oxygen atoms in total. The lowest BCUT2D eigenvalue weighted by atomic mass is 10.1. The molecule has 0 aromatic carbocycles. The van der Waals surface area contributed by atoms with Crippen molar-refractivity contribution in [2.45, 2.75) is 57.0 Å². The van der Waals surface area contributed by atoms with E-state index >= 15 is 0 Å². The minimum atomic E-state index is 0.497. The Morgan fingerprint density at radius 1 is 1.14 bits per heavy atom. The molecule has 2 aliphatic rings. The smallest absolute Gasteiger partial charge is 0.00923 e. The average molecular weight is 196 g/mol. The molecule has 0 aromatic rings. The molecule has 2 fully saturated rings. The highest BCUT2D eigenvalue weighted by Gasteiger charge is 2.26. The molecule has 0 amide bonds. The van der Waals surface area contributed by atoms with Gasteiger partial charge in [0.1, 0.15) is 0 Å². The van der Waals surface area contributed by atoms with Crippen molar-refractivity contribution in [3.8, 4) is 0 Å². The van der Waals surface area contributed by atoms with Gasteiger partial charge in [0.2, 0.25) is 0 Å². The molecule has 2 rings (SSSR count). The van der Waals surface area contributed by atoms with E-state index in [4.69, 9.17) is 5.73 Å². The molecule has 2 unspecified atom stereocenters. The molecule has 0 heterocycles. The van der Waals surface area contributed by atoms with Crippen LogP contribution in [0.4, 0.5) is 0 Å². The van der Waals surface area contributed by atoms with Gasteiger partial charge in [0.15, 0.2) is 0 Å². The van der Waals surface area contributed by atoms with Crippen LogP contribution in [-0.4, -0.2) is 30.6 Å². The topological polar surface area (TPSA) is 29.3 Å². The predicted octanol–water partition coefficient (Wildman–Crippen LogP) is 1.99. The fourth-order valence-corrected chi connectivity index (χ4v) is 3.18. The predicted molar refractivity (Wildman–Crippen MR) is 60.2 cm³/mol. The largest absolute Gasteiger partial charge is 0.328 e. The highest BCUT2D eigenvalue weighted by Crippen LogP contribution is 2.28. The molecular formula is C12H24N2. The molecule has 0 radical (unpaired) electrons. The van der Waals surface area contributed by atoms with Crippen LogP contribution in [-0.2, 0) is 0 Å². The lowest BCUT2D eigenvalue weighted by Gasteiger charge is -2.26. The van der Waals surface area contributed by atoms with Crippen molar-refractivity contribution < 1.29 is 0 Å². The zero-order valence-electron chi connectivity index (χ0n) is 9.41. The quantitative estimate of drug-likeness (QED) is 0.748. The van der Waals surface area contributed by atoms with Crippen LogP contribution in [0.15, 0.2) is 0 Å². The molecule has 2 aliphatic carbocycles. The third-order valence-electron chi connectivity index (χ3n) is 4.08. The highest BCUT2D eigenvalue weighted by atomic mass is 15.1. The fraction of sp³-hybridized carbons (Fsp3) is 1.00. The first kappa shape index (κ1) is 10.4. The Bertz CT molecular complexity index is 175. The van der Waals surface area contributed by atoms with Crippen molar-refractivity contribution in [2.75, 3.05) is 13.6 Å². The van der Waals surface area contributed by atoms with Gasteiger partial charge < -0.3 is 10.6 Å². The van der Waals surface area contributed by atoms with Crippen molar-refractivity contribution in [3.05, 3.63) is 0 Å². The molecule has 82 valence electrons. The van der Waals surface area contributed by atoms with E-state index < -0.39 is 0 Å². The molecule has 2 N–H and O–H groups in total. The maximum absolute atomic E-state index is 5.94. The first-order valence-electron chi connectivity index (χ1n) is 6.21. The first-order valence-corrected chi connectivity index (χ1v) is 6.21. The Hall–Kier alpha value is -0.0800. The summed E-state index contributed by atoms with van der Waals surface area (Å²) in [5, 5.41) is 0. The van der Waals surface area contributed by atoms with Crippen LogP contribution in [0.3, 0.4) is 0 Å². The minimum Gasteiger partial charge on any atom is -0.328 e. The fourth-order valence-electron chi connectivity index (χ4n) is 3.18. The monoisotopic (exact) mass is 196 g/mol. The molecule has 0 saturated heterocycles. The normalized spacial score (nSPS) is 34.5. The second-order valence-corrected chi connectivity index (χ2v) is 5.32. The van der Waals surface area contributed by atoms with Crippen molar-refractivity contribution in [1.82, 2.24) is 4.90 Å². The van der Waals surface area contributed by atoms with Crippen molar-refractivity contribution in [3.63, 3.8) is 0 Å². The van der Waals surface area contributed by atoms with Crippen molar-refractivity contribution in [1.29, 1.82) is 0 Å². The third kappa shape index (κ3) is 2.48. The standard InChI is InChI=1S/C12H24N2/c1-14(12-4-2-3-5-12)9-10-6-7-11(13)8-10/h10-12H,2-9,13H2,1H3. The van der Waals surface area contributed by atoms with E-state index in [1.54, 1.807) is 0 Å². The van der Waals surface area contributed by atoms with Gasteiger partial charge in [-0.25, -0.2) is 0 Å². The second-order valence-electron chi connectivity index (χ2n) is 5.32. The summed E-state index contributed by atoms with van der Waals surface area (Å²) in [5.74, 6) is 0.885. The summed E-state index contributed by atoms with van der Waals surface area (Å²) in [6.07, 6.45) is 9.61. The van der Waals surface area contributed by atoms with E-state index in [-0.39, 0.29) is 0 Å². The lowest BCUT2D eigenvalue weighted by molar-refractivity contribution is 0.209. The average Bonchev–Trinajstić information content (AvgIpc) is 2.75. The molecule has 2 saturated carbocycles. The van der Waals surface area contributed by atoms with Gasteiger partial charge in [0.25, 0.3) is 0 Å². The maximum atomic E-state index is 5.94. The molecule has 0 aliphatic heterocycles. The van der Waals surface area contributed by atoms with Gasteiger partial charge in [0.05, 0.1) is 0 Å². The van der Waals surface area contributed by atoms with Crippen LogP contribution in [0.1, 0.15) is 44.9 Å². The Morgan fingerprint density at radius 3 is 2.43 bits per heavy atom. The molecule has 2 heteroatoms. The third-order valence-corrected chi connectivity index (χ3v) is 4.08. The molecule has 2 atom stereocenters. The van der Waals surface area contributed by atoms with Crippen molar-refractivity contribution >= 4 is 0 Å². The van der Waals surface area contributed by atoms with Crippen LogP contribution in [0.2, 0.25) is 0 Å². The number of nitrogens with two attached hydrogens (primary N) is 1. The van der Waals surface area contributed by atoms with E-state index in [0.29, 0.717) is 6.04 Å². The minimum absolute atomic E-state index is 0.497. The van der Waals surface area contributed by atoms with Gasteiger partial charge in [-0.2, -0.15) is 0 Å². The van der Waals surface area contributed by atoms with Gasteiger partial charge in [-0.3, -0.25) is 0 Å². The summed E-state index contributed by atoms with van der Waals surface area (Å²) in [6.45, 7) is 1.29. The van der Waals surface area contributed by atoms with E-state index in [1.165, 1.54) is 51.5 Å². The van der Waals surface area contributed by atoms with Crippen LogP contribution in [0.5, 0.6) is 0 Å². The van der Waals surface area contributed by atoms with Crippen LogP contribution >= 0.6 is 0 Å². The zero-order chi connectivity index (χ0) is 9.97. The summed E-state index contributed by atoms with van der Waals surface area (Å²) in [5.41, 5.74) is 5.94. The summed E-state index contributed by atoms with van der Waals surface area (Å²) >= 11 is 0. The Balaban J connectivity index is 1.73. The highest BCUT2D eigenvalue weighted by molar-refractivity contribution is 4.82. The molecular weight excluding hydrogens is 172 g/mol. The SMILES string of the molecule is CN(CC1CCC(N)C1)C1CCCC1. The number of nitrogens with zero attached hydrogens (tertiary/aromatic N) is 1. The van der Waals surface area contributed by atoms with Gasteiger partial charge in [-0.05, 0) is 45.1 Å². The second kappa shape index (κ2) is 4.63. The van der Waals surface area contributed by atoms with Crippen molar-refractivity contribution in [2.24, 2.45) is 11.7 Å². The van der Waals surface area contributed by atoms with Gasteiger partial charge in [-0.15, -0.1) is 0 Å². The van der Waals surface area contributed by atoms with Gasteiger partial charge in [-0.1, -0.05) is 12.8 Å². The van der Waals surface area contributed by atoms with E-state index in [1.807, 2.05) is 0 Å².